The minimum absolute atomic E-state index is 0.168. The lowest BCUT2D eigenvalue weighted by Crippen LogP contribution is -2.24. The molecule has 0 aliphatic carbocycles. The monoisotopic (exact) mass is 264 g/mol. The Hall–Kier alpha value is -1.85. The number of nitrogens with zero attached hydrogens (tertiary/aromatic N) is 4. The van der Waals surface area contributed by atoms with Crippen LogP contribution in [-0.4, -0.2) is 31.5 Å². The Bertz CT molecular complexity index is 484. The van der Waals surface area contributed by atoms with Crippen molar-refractivity contribution in [1.29, 1.82) is 0 Å². The number of azide groups is 1. The summed E-state index contributed by atoms with van der Waals surface area (Å²) in [5, 5.41) is 3.42. The summed E-state index contributed by atoms with van der Waals surface area (Å²) in [5.74, 6) is 0. The van der Waals surface area contributed by atoms with Crippen LogP contribution < -0.4 is 4.90 Å². The molecule has 1 fully saturated rings. The third-order valence-corrected chi connectivity index (χ3v) is 3.35. The summed E-state index contributed by atoms with van der Waals surface area (Å²) in [6.45, 7) is 0.581. The predicted molar refractivity (Wildman–Crippen MR) is 69.9 cm³/mol. The highest BCUT2D eigenvalue weighted by molar-refractivity contribution is 7.98. The second-order valence-corrected chi connectivity index (χ2v) is 4.61. The second-order valence-electron chi connectivity index (χ2n) is 3.73. The first-order valence-corrected chi connectivity index (χ1v) is 6.60. The quantitative estimate of drug-likeness (QED) is 0.363. The summed E-state index contributed by atoms with van der Waals surface area (Å²) < 4.78 is 5.10. The summed E-state index contributed by atoms with van der Waals surface area (Å²) in [5.41, 5.74) is 9.03. The molecule has 0 bridgehead atoms. The van der Waals surface area contributed by atoms with E-state index in [0.29, 0.717) is 6.54 Å². The van der Waals surface area contributed by atoms with E-state index in [-0.39, 0.29) is 12.6 Å². The molecule has 1 amide bonds. The first-order chi connectivity index (χ1) is 8.74. The molecule has 1 aromatic rings. The Labute approximate surface area is 109 Å². The molecule has 0 unspecified atom stereocenters. The lowest BCUT2D eigenvalue weighted by Gasteiger charge is -2.12. The largest absolute Gasteiger partial charge is 0.444 e. The van der Waals surface area contributed by atoms with Crippen LogP contribution in [0.15, 0.2) is 34.3 Å². The summed E-state index contributed by atoms with van der Waals surface area (Å²) in [6.07, 6.45) is 1.23. The average Bonchev–Trinajstić information content (AvgIpc) is 2.78. The number of hydrogen-bond donors (Lipinski definition) is 0. The molecule has 18 heavy (non-hydrogen) atoms. The predicted octanol–water partition coefficient (Wildman–Crippen LogP) is 3.04. The first kappa shape index (κ1) is 12.6. The maximum Gasteiger partial charge on any atom is 0.414 e. The topological polar surface area (TPSA) is 78.3 Å². The van der Waals surface area contributed by atoms with Gasteiger partial charge in [0.15, 0.2) is 0 Å². The van der Waals surface area contributed by atoms with Crippen LogP contribution in [0.5, 0.6) is 0 Å². The van der Waals surface area contributed by atoms with Gasteiger partial charge in [-0.05, 0) is 36.1 Å². The summed E-state index contributed by atoms with van der Waals surface area (Å²) in [7, 11) is 0. The highest BCUT2D eigenvalue weighted by atomic mass is 32.2. The Kier molecular flexibility index (Phi) is 3.96. The molecule has 1 aliphatic rings. The van der Waals surface area contributed by atoms with Gasteiger partial charge in [-0.3, -0.25) is 4.90 Å². The highest BCUT2D eigenvalue weighted by Gasteiger charge is 2.31. The van der Waals surface area contributed by atoms with Crippen molar-refractivity contribution in [3.63, 3.8) is 0 Å². The molecule has 1 saturated heterocycles. The zero-order chi connectivity index (χ0) is 13.0. The molecule has 94 valence electrons. The van der Waals surface area contributed by atoms with Crippen molar-refractivity contribution >= 4 is 23.5 Å². The normalized spacial score (nSPS) is 18.4. The van der Waals surface area contributed by atoms with Crippen molar-refractivity contribution in [1.82, 2.24) is 0 Å². The Balaban J connectivity index is 2.08. The van der Waals surface area contributed by atoms with Gasteiger partial charge in [0.1, 0.15) is 6.10 Å². The van der Waals surface area contributed by atoms with E-state index in [2.05, 4.69) is 10.0 Å². The molecule has 0 saturated carbocycles. The van der Waals surface area contributed by atoms with Crippen LogP contribution in [0.1, 0.15) is 0 Å². The Morgan fingerprint density at radius 1 is 1.56 bits per heavy atom. The van der Waals surface area contributed by atoms with E-state index >= 15 is 0 Å². The average molecular weight is 264 g/mol. The van der Waals surface area contributed by atoms with Gasteiger partial charge in [-0.25, -0.2) is 4.79 Å². The van der Waals surface area contributed by atoms with Crippen LogP contribution in [0, 0.1) is 0 Å². The van der Waals surface area contributed by atoms with Gasteiger partial charge in [0.05, 0.1) is 13.1 Å². The van der Waals surface area contributed by atoms with E-state index in [0.717, 1.165) is 10.6 Å². The molecule has 1 aromatic carbocycles. The van der Waals surface area contributed by atoms with E-state index in [1.165, 1.54) is 0 Å². The van der Waals surface area contributed by atoms with Gasteiger partial charge in [0.2, 0.25) is 0 Å². The van der Waals surface area contributed by atoms with Crippen molar-refractivity contribution in [2.45, 2.75) is 11.0 Å². The Morgan fingerprint density at radius 3 is 2.89 bits per heavy atom. The van der Waals surface area contributed by atoms with E-state index in [4.69, 9.17) is 10.3 Å². The van der Waals surface area contributed by atoms with E-state index in [9.17, 15) is 4.79 Å². The fraction of sp³-hybridized carbons (Fsp3) is 0.364. The van der Waals surface area contributed by atoms with Crippen LogP contribution in [-0.2, 0) is 4.74 Å². The maximum atomic E-state index is 11.7. The molecule has 0 spiro atoms. The van der Waals surface area contributed by atoms with Crippen molar-refractivity contribution in [2.75, 3.05) is 24.2 Å². The molecular formula is C11H12N4O2S. The molecule has 1 heterocycles. The zero-order valence-corrected chi connectivity index (χ0v) is 10.6. The Morgan fingerprint density at radius 2 is 2.28 bits per heavy atom. The van der Waals surface area contributed by atoms with Gasteiger partial charge in [-0.15, -0.1) is 11.8 Å². The molecule has 0 aromatic heterocycles. The molecule has 0 N–H and O–H groups in total. The number of hydrogen-bond acceptors (Lipinski definition) is 4. The lowest BCUT2D eigenvalue weighted by molar-refractivity contribution is 0.145. The number of cyclic esters (lactones) is 1. The van der Waals surface area contributed by atoms with E-state index in [1.54, 1.807) is 16.7 Å². The number of rotatable bonds is 4. The van der Waals surface area contributed by atoms with Gasteiger partial charge in [-0.2, -0.15) is 0 Å². The summed E-state index contributed by atoms with van der Waals surface area (Å²) in [6, 6.07) is 7.66. The van der Waals surface area contributed by atoms with Gasteiger partial charge in [-0.1, -0.05) is 5.11 Å². The van der Waals surface area contributed by atoms with Crippen LogP contribution in [0.4, 0.5) is 10.5 Å². The van der Waals surface area contributed by atoms with Crippen molar-refractivity contribution in [2.24, 2.45) is 5.11 Å². The molecule has 0 radical (unpaired) electrons. The standard InChI is InChI=1S/C11H12N4O2S/c1-18-10-4-2-8(3-5-10)15-7-9(6-13-14-12)17-11(15)16/h2-5,9H,6-7H2,1H3/t9-/m0/s1. The van der Waals surface area contributed by atoms with Crippen molar-refractivity contribution in [3.8, 4) is 0 Å². The molecule has 7 heteroatoms. The second kappa shape index (κ2) is 5.66. The van der Waals surface area contributed by atoms with Crippen molar-refractivity contribution in [3.05, 3.63) is 34.7 Å². The lowest BCUT2D eigenvalue weighted by atomic mass is 10.3. The minimum atomic E-state index is -0.398. The number of thioether (sulfide) groups is 1. The van der Waals surface area contributed by atoms with Crippen molar-refractivity contribution < 1.29 is 9.53 Å². The van der Waals surface area contributed by atoms with Crippen LogP contribution >= 0.6 is 11.8 Å². The number of benzene rings is 1. The van der Waals surface area contributed by atoms with Crippen LogP contribution in [0.25, 0.3) is 10.4 Å². The number of ether oxygens (including phenoxy) is 1. The third kappa shape index (κ3) is 2.69. The highest BCUT2D eigenvalue weighted by Crippen LogP contribution is 2.24. The van der Waals surface area contributed by atoms with Gasteiger partial charge in [0, 0.05) is 15.5 Å². The zero-order valence-electron chi connectivity index (χ0n) is 9.81. The first-order valence-electron chi connectivity index (χ1n) is 5.37. The molecule has 1 aliphatic heterocycles. The van der Waals surface area contributed by atoms with E-state index in [1.807, 2.05) is 30.5 Å². The van der Waals surface area contributed by atoms with Gasteiger partial charge < -0.3 is 4.74 Å². The summed E-state index contributed by atoms with van der Waals surface area (Å²) in [4.78, 5) is 17.0. The minimum Gasteiger partial charge on any atom is -0.444 e. The van der Waals surface area contributed by atoms with Crippen LogP contribution in [0.3, 0.4) is 0 Å². The van der Waals surface area contributed by atoms with E-state index < -0.39 is 6.09 Å². The number of carbonyl (C=O) groups is 1. The molecular weight excluding hydrogens is 252 g/mol. The maximum absolute atomic E-state index is 11.7. The molecule has 2 rings (SSSR count). The number of anilines is 1. The SMILES string of the molecule is CSc1ccc(N2C[C@H](CN=[N+]=[N-])OC2=O)cc1. The number of carbonyl (C=O) groups excluding carboxylic acids is 1. The molecule has 1 atom stereocenters. The smallest absolute Gasteiger partial charge is 0.414 e. The summed E-state index contributed by atoms with van der Waals surface area (Å²) >= 11 is 1.64. The fourth-order valence-corrected chi connectivity index (χ4v) is 2.13. The van der Waals surface area contributed by atoms with Gasteiger partial charge in [0.25, 0.3) is 0 Å². The molecule has 6 nitrogen and oxygen atoms in total. The van der Waals surface area contributed by atoms with Crippen LogP contribution in [0.2, 0.25) is 0 Å². The number of amides is 1. The third-order valence-electron chi connectivity index (χ3n) is 2.61. The fourth-order valence-electron chi connectivity index (χ4n) is 1.72. The van der Waals surface area contributed by atoms with Gasteiger partial charge >= 0.3 is 6.09 Å².